The summed E-state index contributed by atoms with van der Waals surface area (Å²) in [6, 6.07) is 2.84. The average molecular weight is 278 g/mol. The van der Waals surface area contributed by atoms with Crippen molar-refractivity contribution in [2.45, 2.75) is 57.3 Å². The first-order valence-corrected chi connectivity index (χ1v) is 7.75. The summed E-state index contributed by atoms with van der Waals surface area (Å²) in [6.45, 7) is 6.16. The van der Waals surface area contributed by atoms with Gasteiger partial charge in [0, 0.05) is 31.8 Å². The van der Waals surface area contributed by atoms with E-state index in [9.17, 15) is 0 Å². The van der Waals surface area contributed by atoms with E-state index >= 15 is 0 Å². The summed E-state index contributed by atoms with van der Waals surface area (Å²) in [7, 11) is 1.82. The van der Waals surface area contributed by atoms with E-state index in [1.807, 2.05) is 13.4 Å². The van der Waals surface area contributed by atoms with Crippen molar-refractivity contribution in [3.63, 3.8) is 0 Å². The largest absolute Gasteiger partial charge is 0.468 e. The molecule has 4 nitrogen and oxygen atoms in total. The van der Waals surface area contributed by atoms with Crippen LogP contribution >= 0.6 is 0 Å². The topological polar surface area (TPSA) is 37.6 Å². The Labute approximate surface area is 121 Å². The third-order valence-electron chi connectivity index (χ3n) is 4.59. The van der Waals surface area contributed by atoms with Crippen molar-refractivity contribution in [1.29, 1.82) is 0 Å². The average Bonchev–Trinajstić information content (AvgIpc) is 3.17. The summed E-state index contributed by atoms with van der Waals surface area (Å²) in [5, 5.41) is 3.56. The Morgan fingerprint density at radius 1 is 1.50 bits per heavy atom. The molecular weight excluding hydrogens is 252 g/mol. The van der Waals surface area contributed by atoms with Crippen LogP contribution in [0.5, 0.6) is 0 Å². The first kappa shape index (κ1) is 14.1. The second-order valence-corrected chi connectivity index (χ2v) is 6.49. The molecule has 1 saturated heterocycles. The maximum absolute atomic E-state index is 5.70. The van der Waals surface area contributed by atoms with E-state index in [4.69, 9.17) is 9.15 Å². The minimum Gasteiger partial charge on any atom is -0.468 e. The fraction of sp³-hybridized carbons (Fsp3) is 0.750. The number of nitrogens with zero attached hydrogens (tertiary/aromatic N) is 1. The van der Waals surface area contributed by atoms with Crippen molar-refractivity contribution in [3.8, 4) is 0 Å². The third-order valence-corrected chi connectivity index (χ3v) is 4.59. The third kappa shape index (κ3) is 3.43. The van der Waals surface area contributed by atoms with Crippen molar-refractivity contribution in [2.75, 3.05) is 20.2 Å². The minimum absolute atomic E-state index is 0.00271. The predicted octanol–water partition coefficient (Wildman–Crippen LogP) is 2.53. The van der Waals surface area contributed by atoms with Crippen LogP contribution in [0.25, 0.3) is 0 Å². The first-order valence-electron chi connectivity index (χ1n) is 7.75. The molecule has 1 aliphatic carbocycles. The van der Waals surface area contributed by atoms with Gasteiger partial charge < -0.3 is 14.5 Å². The molecule has 3 rings (SSSR count). The Morgan fingerprint density at radius 3 is 3.10 bits per heavy atom. The zero-order valence-electron chi connectivity index (χ0n) is 12.7. The number of hydrogen-bond acceptors (Lipinski definition) is 4. The molecule has 4 heteroatoms. The highest BCUT2D eigenvalue weighted by Gasteiger charge is 2.31. The molecule has 2 aliphatic rings. The number of methoxy groups -OCH3 is 1. The smallest absolute Gasteiger partial charge is 0.122 e. The van der Waals surface area contributed by atoms with Crippen molar-refractivity contribution in [2.24, 2.45) is 0 Å². The van der Waals surface area contributed by atoms with E-state index in [0.29, 0.717) is 0 Å². The van der Waals surface area contributed by atoms with Crippen LogP contribution in [0, 0.1) is 0 Å². The predicted molar refractivity (Wildman–Crippen MR) is 78.5 cm³/mol. The summed E-state index contributed by atoms with van der Waals surface area (Å²) in [5.74, 6) is 1.11. The molecule has 0 amide bonds. The number of likely N-dealkylation sites (tertiary alicyclic amines) is 1. The van der Waals surface area contributed by atoms with E-state index < -0.39 is 0 Å². The Hall–Kier alpha value is -0.840. The van der Waals surface area contributed by atoms with Gasteiger partial charge in [0.1, 0.15) is 5.76 Å². The van der Waals surface area contributed by atoms with Gasteiger partial charge in [-0.25, -0.2) is 0 Å². The molecule has 1 aliphatic heterocycles. The number of piperidine rings is 1. The van der Waals surface area contributed by atoms with Crippen LogP contribution in [0.3, 0.4) is 0 Å². The van der Waals surface area contributed by atoms with Crippen molar-refractivity contribution >= 4 is 0 Å². The van der Waals surface area contributed by atoms with Crippen LogP contribution in [0.1, 0.15) is 43.9 Å². The first-order chi connectivity index (χ1) is 9.68. The fourth-order valence-corrected chi connectivity index (χ4v) is 3.02. The standard InChI is InChI=1S/C16H26N2O2/c1-16(19-2)7-3-8-18(12-16)11-15-13(6-9-20-15)10-17-14-4-5-14/h6,9,14,17H,3-5,7-8,10-12H2,1-2H3. The molecule has 1 N–H and O–H groups in total. The van der Waals surface area contributed by atoms with Gasteiger partial charge in [0.15, 0.2) is 0 Å². The molecule has 0 spiro atoms. The minimum atomic E-state index is -0.00271. The maximum Gasteiger partial charge on any atom is 0.122 e. The summed E-state index contributed by atoms with van der Waals surface area (Å²) in [6.07, 6.45) is 6.81. The van der Waals surface area contributed by atoms with E-state index in [1.165, 1.54) is 24.8 Å². The highest BCUT2D eigenvalue weighted by molar-refractivity contribution is 5.17. The van der Waals surface area contributed by atoms with Crippen LogP contribution in [-0.4, -0.2) is 36.7 Å². The lowest BCUT2D eigenvalue weighted by atomic mass is 9.94. The van der Waals surface area contributed by atoms with Gasteiger partial charge >= 0.3 is 0 Å². The Bertz CT molecular complexity index is 441. The second-order valence-electron chi connectivity index (χ2n) is 6.49. The lowest BCUT2D eigenvalue weighted by molar-refractivity contribution is -0.0539. The molecule has 1 unspecified atom stereocenters. The molecule has 1 aromatic heterocycles. The van der Waals surface area contributed by atoms with E-state index in [-0.39, 0.29) is 5.60 Å². The highest BCUT2D eigenvalue weighted by atomic mass is 16.5. The van der Waals surface area contributed by atoms with Gasteiger partial charge in [0.25, 0.3) is 0 Å². The maximum atomic E-state index is 5.70. The van der Waals surface area contributed by atoms with Gasteiger partial charge in [-0.1, -0.05) is 0 Å². The van der Waals surface area contributed by atoms with Crippen LogP contribution in [0.15, 0.2) is 16.7 Å². The summed E-state index contributed by atoms with van der Waals surface area (Å²) in [5.41, 5.74) is 1.30. The Morgan fingerprint density at radius 2 is 2.35 bits per heavy atom. The Balaban J connectivity index is 1.57. The van der Waals surface area contributed by atoms with Gasteiger partial charge in [0.05, 0.1) is 18.4 Å². The van der Waals surface area contributed by atoms with Gasteiger partial charge in [0.2, 0.25) is 0 Å². The molecule has 20 heavy (non-hydrogen) atoms. The Kier molecular flexibility index (Phi) is 4.15. The molecule has 1 aromatic rings. The van der Waals surface area contributed by atoms with Gasteiger partial charge in [-0.2, -0.15) is 0 Å². The van der Waals surface area contributed by atoms with Crippen molar-refractivity contribution in [3.05, 3.63) is 23.7 Å². The quantitative estimate of drug-likeness (QED) is 0.868. The number of ether oxygens (including phenoxy) is 1. The number of hydrogen-bond donors (Lipinski definition) is 1. The fourth-order valence-electron chi connectivity index (χ4n) is 3.02. The summed E-state index contributed by atoms with van der Waals surface area (Å²) >= 11 is 0. The summed E-state index contributed by atoms with van der Waals surface area (Å²) < 4.78 is 11.4. The molecule has 2 fully saturated rings. The molecule has 1 saturated carbocycles. The van der Waals surface area contributed by atoms with E-state index in [2.05, 4.69) is 23.2 Å². The van der Waals surface area contributed by atoms with Crippen molar-refractivity contribution < 1.29 is 9.15 Å². The molecule has 112 valence electrons. The molecule has 0 radical (unpaired) electrons. The molecule has 2 heterocycles. The molecule has 0 aromatic carbocycles. The van der Waals surface area contributed by atoms with Crippen LogP contribution < -0.4 is 5.32 Å². The molecule has 0 bridgehead atoms. The zero-order valence-corrected chi connectivity index (χ0v) is 12.7. The van der Waals surface area contributed by atoms with Crippen molar-refractivity contribution in [1.82, 2.24) is 10.2 Å². The van der Waals surface area contributed by atoms with Gasteiger partial charge in [-0.05, 0) is 45.2 Å². The zero-order chi connectivity index (χ0) is 14.0. The van der Waals surface area contributed by atoms with Gasteiger partial charge in [-0.3, -0.25) is 4.90 Å². The number of furan rings is 1. The number of nitrogens with one attached hydrogen (secondary N) is 1. The summed E-state index contributed by atoms with van der Waals surface area (Å²) in [4.78, 5) is 2.45. The van der Waals surface area contributed by atoms with Crippen LogP contribution in [0.4, 0.5) is 0 Å². The lowest BCUT2D eigenvalue weighted by Crippen LogP contribution is -2.46. The lowest BCUT2D eigenvalue weighted by Gasteiger charge is -2.39. The van der Waals surface area contributed by atoms with E-state index in [1.54, 1.807) is 0 Å². The second kappa shape index (κ2) is 5.88. The number of rotatable bonds is 6. The molecular formula is C16H26N2O2. The van der Waals surface area contributed by atoms with Crippen LogP contribution in [-0.2, 0) is 17.8 Å². The molecule has 1 atom stereocenters. The SMILES string of the molecule is COC1(C)CCCN(Cc2occc2CNC2CC2)C1. The monoisotopic (exact) mass is 278 g/mol. The van der Waals surface area contributed by atoms with E-state index in [0.717, 1.165) is 44.4 Å². The van der Waals surface area contributed by atoms with Gasteiger partial charge in [-0.15, -0.1) is 0 Å². The highest BCUT2D eigenvalue weighted by Crippen LogP contribution is 2.26. The van der Waals surface area contributed by atoms with Crippen LogP contribution in [0.2, 0.25) is 0 Å². The normalized spacial score (nSPS) is 27.9.